The molecule has 216 valence electrons. The predicted molar refractivity (Wildman–Crippen MR) is 164 cm³/mol. The predicted octanol–water partition coefficient (Wildman–Crippen LogP) is 4.94. The van der Waals surface area contributed by atoms with Gasteiger partial charge in [-0.2, -0.15) is 0 Å². The van der Waals surface area contributed by atoms with E-state index in [9.17, 15) is 4.79 Å². The Bertz CT molecular complexity index is 1630. The maximum Gasteiger partial charge on any atom is 0.252 e. The molecule has 4 heterocycles. The molecule has 0 spiro atoms. The lowest BCUT2D eigenvalue weighted by molar-refractivity contribution is 0.0767. The number of carbonyl (C=O) groups excluding carboxylic acids is 1. The summed E-state index contributed by atoms with van der Waals surface area (Å²) >= 11 is 0. The van der Waals surface area contributed by atoms with E-state index in [1.165, 1.54) is 0 Å². The SMILES string of the molecule is Cc1ccc(OCC2CCN2C)cc1C(=O)NC1(c2cc(-c3cncc(N4CCOCC4)c3)cc3ncccc23)CC1. The molecule has 1 N–H and O–H groups in total. The second-order valence-electron chi connectivity index (χ2n) is 11.9. The Hall–Kier alpha value is -4.01. The van der Waals surface area contributed by atoms with Crippen molar-refractivity contribution < 1.29 is 14.3 Å². The number of carbonyl (C=O) groups is 1. The highest BCUT2D eigenvalue weighted by Gasteiger charge is 2.47. The number of anilines is 1. The van der Waals surface area contributed by atoms with Crippen molar-refractivity contribution >= 4 is 22.5 Å². The molecule has 1 atom stereocenters. The summed E-state index contributed by atoms with van der Waals surface area (Å²) in [6, 6.07) is 16.9. The highest BCUT2D eigenvalue weighted by atomic mass is 16.5. The van der Waals surface area contributed by atoms with E-state index in [2.05, 4.69) is 51.4 Å². The minimum absolute atomic E-state index is 0.0744. The quantitative estimate of drug-likeness (QED) is 0.325. The number of amides is 1. The number of morpholine rings is 1. The van der Waals surface area contributed by atoms with E-state index in [4.69, 9.17) is 14.5 Å². The van der Waals surface area contributed by atoms with Crippen LogP contribution in [0, 0.1) is 6.92 Å². The number of ether oxygens (including phenoxy) is 2. The summed E-state index contributed by atoms with van der Waals surface area (Å²) in [4.78, 5) is 27.7. The maximum absolute atomic E-state index is 13.8. The molecule has 0 radical (unpaired) electrons. The average molecular weight is 564 g/mol. The van der Waals surface area contributed by atoms with Gasteiger partial charge in [-0.15, -0.1) is 0 Å². The molecule has 2 aromatic heterocycles. The van der Waals surface area contributed by atoms with Gasteiger partial charge in [0.1, 0.15) is 12.4 Å². The molecule has 3 aliphatic rings. The van der Waals surface area contributed by atoms with Crippen LogP contribution in [0.25, 0.3) is 22.0 Å². The first-order chi connectivity index (χ1) is 20.5. The number of likely N-dealkylation sites (N-methyl/N-ethyl adjacent to an activating group) is 1. The van der Waals surface area contributed by atoms with E-state index in [0.717, 1.165) is 96.7 Å². The monoisotopic (exact) mass is 563 g/mol. The lowest BCUT2D eigenvalue weighted by Crippen LogP contribution is -2.48. The van der Waals surface area contributed by atoms with Crippen LogP contribution in [0.5, 0.6) is 5.75 Å². The first-order valence-electron chi connectivity index (χ1n) is 14.9. The Labute approximate surface area is 246 Å². The summed E-state index contributed by atoms with van der Waals surface area (Å²) in [7, 11) is 2.12. The Morgan fingerprint density at radius 2 is 1.93 bits per heavy atom. The van der Waals surface area contributed by atoms with Crippen molar-refractivity contribution in [3.63, 3.8) is 0 Å². The van der Waals surface area contributed by atoms with Crippen molar-refractivity contribution in [2.45, 2.75) is 37.8 Å². The summed E-state index contributed by atoms with van der Waals surface area (Å²) in [5.41, 5.74) is 6.33. The molecule has 1 saturated carbocycles. The van der Waals surface area contributed by atoms with Gasteiger partial charge in [0.2, 0.25) is 0 Å². The summed E-state index contributed by atoms with van der Waals surface area (Å²) < 4.78 is 11.6. The molecular formula is C34H37N5O3. The Morgan fingerprint density at radius 1 is 1.07 bits per heavy atom. The Kier molecular flexibility index (Phi) is 7.04. The van der Waals surface area contributed by atoms with Crippen molar-refractivity contribution in [2.75, 3.05) is 51.4 Å². The number of nitrogens with one attached hydrogen (secondary N) is 1. The molecule has 0 bridgehead atoms. The molecule has 7 rings (SSSR count). The fraction of sp³-hybridized carbons (Fsp3) is 0.382. The molecule has 8 heteroatoms. The summed E-state index contributed by atoms with van der Waals surface area (Å²) in [5.74, 6) is 0.662. The van der Waals surface area contributed by atoms with E-state index in [0.29, 0.717) is 18.2 Å². The summed E-state index contributed by atoms with van der Waals surface area (Å²) in [6.45, 7) is 6.89. The lowest BCUT2D eigenvalue weighted by Gasteiger charge is -2.37. The molecule has 42 heavy (non-hydrogen) atoms. The fourth-order valence-electron chi connectivity index (χ4n) is 6.10. The minimum Gasteiger partial charge on any atom is -0.492 e. The van der Waals surface area contributed by atoms with Crippen LogP contribution in [-0.4, -0.2) is 73.3 Å². The average Bonchev–Trinajstić information content (AvgIpc) is 3.81. The number of nitrogens with zero attached hydrogens (tertiary/aromatic N) is 4. The van der Waals surface area contributed by atoms with Crippen LogP contribution in [-0.2, 0) is 10.3 Å². The van der Waals surface area contributed by atoms with Gasteiger partial charge in [0.15, 0.2) is 0 Å². The minimum atomic E-state index is -0.443. The molecule has 4 aromatic rings. The van der Waals surface area contributed by atoms with Gasteiger partial charge in [0.25, 0.3) is 5.91 Å². The van der Waals surface area contributed by atoms with Crippen molar-refractivity contribution in [3.8, 4) is 16.9 Å². The number of aryl methyl sites for hydroxylation is 1. The molecule has 1 aliphatic carbocycles. The van der Waals surface area contributed by atoms with Gasteiger partial charge in [-0.25, -0.2) is 0 Å². The van der Waals surface area contributed by atoms with Crippen molar-refractivity contribution in [3.05, 3.63) is 83.8 Å². The smallest absolute Gasteiger partial charge is 0.252 e. The second kappa shape index (κ2) is 11.0. The van der Waals surface area contributed by atoms with E-state index in [1.807, 2.05) is 49.8 Å². The van der Waals surface area contributed by atoms with E-state index < -0.39 is 5.54 Å². The fourth-order valence-corrected chi connectivity index (χ4v) is 6.10. The van der Waals surface area contributed by atoms with Crippen LogP contribution in [0.2, 0.25) is 0 Å². The van der Waals surface area contributed by atoms with Crippen LogP contribution < -0.4 is 15.0 Å². The molecular weight excluding hydrogens is 526 g/mol. The highest BCUT2D eigenvalue weighted by molar-refractivity contribution is 5.98. The third-order valence-corrected chi connectivity index (χ3v) is 9.11. The van der Waals surface area contributed by atoms with Gasteiger partial charge in [-0.3, -0.25) is 19.7 Å². The van der Waals surface area contributed by atoms with Gasteiger partial charge in [-0.1, -0.05) is 12.1 Å². The second-order valence-corrected chi connectivity index (χ2v) is 11.9. The lowest BCUT2D eigenvalue weighted by atomic mass is 9.93. The molecule has 2 saturated heterocycles. The van der Waals surface area contributed by atoms with Gasteiger partial charge in [0, 0.05) is 48.0 Å². The Balaban J connectivity index is 1.18. The number of benzene rings is 2. The summed E-state index contributed by atoms with van der Waals surface area (Å²) in [5, 5.41) is 4.49. The van der Waals surface area contributed by atoms with Crippen LogP contribution in [0.15, 0.2) is 67.1 Å². The first kappa shape index (κ1) is 26.9. The largest absolute Gasteiger partial charge is 0.492 e. The van der Waals surface area contributed by atoms with Crippen molar-refractivity contribution in [1.82, 2.24) is 20.2 Å². The van der Waals surface area contributed by atoms with Crippen LogP contribution >= 0.6 is 0 Å². The van der Waals surface area contributed by atoms with Gasteiger partial charge in [-0.05, 0) is 92.9 Å². The van der Waals surface area contributed by atoms with Crippen molar-refractivity contribution in [2.24, 2.45) is 0 Å². The molecule has 3 fully saturated rings. The highest BCUT2D eigenvalue weighted by Crippen LogP contribution is 2.49. The zero-order chi connectivity index (χ0) is 28.7. The molecule has 2 aromatic carbocycles. The number of rotatable bonds is 8. The van der Waals surface area contributed by atoms with Crippen LogP contribution in [0.3, 0.4) is 0 Å². The maximum atomic E-state index is 13.8. The van der Waals surface area contributed by atoms with Gasteiger partial charge < -0.3 is 19.7 Å². The van der Waals surface area contributed by atoms with Gasteiger partial charge in [0.05, 0.1) is 36.2 Å². The molecule has 8 nitrogen and oxygen atoms in total. The number of fused-ring (bicyclic) bond motifs is 1. The number of likely N-dealkylation sites (tertiary alicyclic amines) is 1. The first-order valence-corrected chi connectivity index (χ1v) is 14.9. The standard InChI is InChI=1S/C34H37N5O3/c1-23-5-6-28(42-22-26-7-11-38(26)2)19-30(23)33(40)37-34(8-9-34)31-17-24(18-32-29(31)4-3-10-36-32)25-16-27(21-35-20-25)39-12-14-41-15-13-39/h3-6,10,16-21,26H,7-9,11-15,22H2,1-2H3,(H,37,40). The normalized spacial score (nSPS) is 19.8. The summed E-state index contributed by atoms with van der Waals surface area (Å²) in [6.07, 6.45) is 8.55. The van der Waals surface area contributed by atoms with Crippen LogP contribution in [0.4, 0.5) is 5.69 Å². The zero-order valence-electron chi connectivity index (χ0n) is 24.3. The molecule has 1 unspecified atom stereocenters. The Morgan fingerprint density at radius 3 is 2.69 bits per heavy atom. The van der Waals surface area contributed by atoms with Crippen molar-refractivity contribution in [1.29, 1.82) is 0 Å². The molecule has 2 aliphatic heterocycles. The van der Waals surface area contributed by atoms with Crippen LogP contribution in [0.1, 0.15) is 40.7 Å². The third-order valence-electron chi connectivity index (χ3n) is 9.11. The van der Waals surface area contributed by atoms with E-state index in [-0.39, 0.29) is 5.91 Å². The van der Waals surface area contributed by atoms with Gasteiger partial charge >= 0.3 is 0 Å². The number of hydrogen-bond acceptors (Lipinski definition) is 7. The third kappa shape index (κ3) is 5.21. The molecule has 1 amide bonds. The topological polar surface area (TPSA) is 79.8 Å². The van der Waals surface area contributed by atoms with E-state index >= 15 is 0 Å². The van der Waals surface area contributed by atoms with E-state index in [1.54, 1.807) is 0 Å². The number of aromatic nitrogens is 2. The number of hydrogen-bond donors (Lipinski definition) is 1. The number of pyridine rings is 2. The zero-order valence-corrected chi connectivity index (χ0v) is 24.3.